The van der Waals surface area contributed by atoms with Gasteiger partial charge in [0.05, 0.1) is 27.0 Å². The van der Waals surface area contributed by atoms with Gasteiger partial charge in [-0.3, -0.25) is 0 Å². The number of nitrogens with one attached hydrogen (secondary N) is 1. The number of anilines is 1. The maximum atomic E-state index is 11.1. The molecule has 2 aromatic rings. The highest BCUT2D eigenvalue weighted by molar-refractivity contribution is 5.90. The fraction of sp³-hybridized carbons (Fsp3) is 0.167. The van der Waals surface area contributed by atoms with Crippen LogP contribution in [0.2, 0.25) is 0 Å². The number of nitrogens with two attached hydrogens (primary N) is 1. The molecule has 3 N–H and O–H groups in total. The Labute approximate surface area is 140 Å². The fourth-order valence-electron chi connectivity index (χ4n) is 2.18. The molecule has 0 heterocycles. The molecule has 0 atom stereocenters. The van der Waals surface area contributed by atoms with Crippen molar-refractivity contribution in [3.63, 3.8) is 0 Å². The highest BCUT2D eigenvalue weighted by atomic mass is 16.5. The van der Waals surface area contributed by atoms with Crippen molar-refractivity contribution in [2.24, 2.45) is 5.73 Å². The summed E-state index contributed by atoms with van der Waals surface area (Å²) in [6.07, 6.45) is 3.82. The molecule has 0 unspecified atom stereocenters. The summed E-state index contributed by atoms with van der Waals surface area (Å²) in [4.78, 5) is 11.1. The number of ether oxygens (including phenoxy) is 3. The number of carbonyl (C=O) groups excluding carboxylic acids is 1. The summed E-state index contributed by atoms with van der Waals surface area (Å²) in [5.74, 6) is 1.95. The number of rotatable bonds is 6. The third-order valence-electron chi connectivity index (χ3n) is 3.32. The highest BCUT2D eigenvalue weighted by Crippen LogP contribution is 2.27. The second-order valence-electron chi connectivity index (χ2n) is 4.93. The number of hydrogen-bond acceptors (Lipinski definition) is 4. The largest absolute Gasteiger partial charge is 0.497 e. The lowest BCUT2D eigenvalue weighted by molar-refractivity contribution is 0.259. The summed E-state index contributed by atoms with van der Waals surface area (Å²) in [5.41, 5.74) is 7.48. The lowest BCUT2D eigenvalue weighted by Gasteiger charge is -2.09. The quantitative estimate of drug-likeness (QED) is 0.796. The van der Waals surface area contributed by atoms with Crippen LogP contribution in [0.5, 0.6) is 17.2 Å². The number of urea groups is 1. The number of primary amides is 1. The predicted molar refractivity (Wildman–Crippen MR) is 94.7 cm³/mol. The molecule has 126 valence electrons. The molecule has 2 amide bonds. The van der Waals surface area contributed by atoms with Crippen LogP contribution in [0.25, 0.3) is 12.2 Å². The third kappa shape index (κ3) is 4.42. The van der Waals surface area contributed by atoms with Crippen molar-refractivity contribution in [1.29, 1.82) is 0 Å². The zero-order chi connectivity index (χ0) is 17.5. The molecule has 6 heteroatoms. The first-order valence-corrected chi connectivity index (χ1v) is 7.21. The van der Waals surface area contributed by atoms with Crippen LogP contribution in [0.4, 0.5) is 10.5 Å². The molecule has 0 saturated heterocycles. The van der Waals surface area contributed by atoms with E-state index in [9.17, 15) is 4.79 Å². The van der Waals surface area contributed by atoms with E-state index >= 15 is 0 Å². The van der Waals surface area contributed by atoms with Crippen LogP contribution in [0.15, 0.2) is 36.4 Å². The van der Waals surface area contributed by atoms with Crippen LogP contribution in [-0.2, 0) is 0 Å². The van der Waals surface area contributed by atoms with Crippen LogP contribution < -0.4 is 25.3 Å². The minimum atomic E-state index is -0.646. The molecule has 0 fully saturated rings. The van der Waals surface area contributed by atoms with Crippen molar-refractivity contribution in [2.45, 2.75) is 0 Å². The molecule has 0 saturated carbocycles. The van der Waals surface area contributed by atoms with E-state index in [0.29, 0.717) is 22.9 Å². The number of amides is 2. The van der Waals surface area contributed by atoms with Crippen LogP contribution in [-0.4, -0.2) is 27.4 Å². The van der Waals surface area contributed by atoms with E-state index in [0.717, 1.165) is 11.1 Å². The Kier molecular flexibility index (Phi) is 5.68. The minimum absolute atomic E-state index is 0.510. The first-order chi connectivity index (χ1) is 11.5. The third-order valence-corrected chi connectivity index (χ3v) is 3.32. The maximum Gasteiger partial charge on any atom is 0.316 e. The van der Waals surface area contributed by atoms with E-state index in [1.54, 1.807) is 32.4 Å². The highest BCUT2D eigenvalue weighted by Gasteiger charge is 2.05. The van der Waals surface area contributed by atoms with Gasteiger partial charge in [0.2, 0.25) is 0 Å². The Hall–Kier alpha value is -3.15. The minimum Gasteiger partial charge on any atom is -0.497 e. The Bertz CT molecular complexity index is 734. The molecule has 6 nitrogen and oxygen atoms in total. The van der Waals surface area contributed by atoms with Gasteiger partial charge >= 0.3 is 6.03 Å². The Morgan fingerprint density at radius 1 is 0.917 bits per heavy atom. The average molecular weight is 328 g/mol. The van der Waals surface area contributed by atoms with Gasteiger partial charge in [-0.05, 0) is 35.4 Å². The Balaban J connectivity index is 2.30. The second kappa shape index (κ2) is 7.92. The second-order valence-corrected chi connectivity index (χ2v) is 4.93. The van der Waals surface area contributed by atoms with E-state index in [-0.39, 0.29) is 0 Å². The molecular formula is C18H20N2O4. The summed E-state index contributed by atoms with van der Waals surface area (Å²) in [6.45, 7) is 0. The van der Waals surface area contributed by atoms with Gasteiger partial charge in [-0.2, -0.15) is 0 Å². The van der Waals surface area contributed by atoms with Gasteiger partial charge in [-0.1, -0.05) is 18.2 Å². The van der Waals surface area contributed by atoms with Crippen LogP contribution in [0.1, 0.15) is 11.1 Å². The van der Waals surface area contributed by atoms with Crippen LogP contribution in [0.3, 0.4) is 0 Å². The van der Waals surface area contributed by atoms with E-state index in [2.05, 4.69) is 5.32 Å². The van der Waals surface area contributed by atoms with E-state index in [1.165, 1.54) is 7.11 Å². The maximum absolute atomic E-state index is 11.1. The van der Waals surface area contributed by atoms with Crippen LogP contribution in [0, 0.1) is 0 Å². The van der Waals surface area contributed by atoms with E-state index in [4.69, 9.17) is 19.9 Å². The van der Waals surface area contributed by atoms with Crippen LogP contribution >= 0.6 is 0 Å². The number of methoxy groups -OCH3 is 3. The fourth-order valence-corrected chi connectivity index (χ4v) is 2.18. The smallest absolute Gasteiger partial charge is 0.316 e. The lowest BCUT2D eigenvalue weighted by atomic mass is 10.1. The van der Waals surface area contributed by atoms with Gasteiger partial charge < -0.3 is 25.3 Å². The summed E-state index contributed by atoms with van der Waals surface area (Å²) in [7, 11) is 4.74. The van der Waals surface area contributed by atoms with Gasteiger partial charge in [0.25, 0.3) is 0 Å². The molecule has 0 aromatic heterocycles. The van der Waals surface area contributed by atoms with Gasteiger partial charge in [-0.25, -0.2) is 4.79 Å². The standard InChI is InChI=1S/C18H20N2O4/c1-22-14-8-13(9-15(11-14)23-2)5-4-12-6-7-17(24-3)16(10-12)20-18(19)21/h4-11H,1-3H3,(H3,19,20,21). The molecule has 0 bridgehead atoms. The van der Waals surface area contributed by atoms with E-state index in [1.807, 2.05) is 30.4 Å². The van der Waals surface area contributed by atoms with Gasteiger partial charge in [0.1, 0.15) is 17.2 Å². The van der Waals surface area contributed by atoms with Crippen molar-refractivity contribution in [3.8, 4) is 17.2 Å². The molecule has 0 aliphatic carbocycles. The summed E-state index contributed by atoms with van der Waals surface area (Å²) in [5, 5.41) is 2.54. The summed E-state index contributed by atoms with van der Waals surface area (Å²) >= 11 is 0. The lowest BCUT2D eigenvalue weighted by Crippen LogP contribution is -2.19. The van der Waals surface area contributed by atoms with E-state index < -0.39 is 6.03 Å². The zero-order valence-corrected chi connectivity index (χ0v) is 13.8. The monoisotopic (exact) mass is 328 g/mol. The molecule has 0 aliphatic heterocycles. The van der Waals surface area contributed by atoms with Gasteiger partial charge in [-0.15, -0.1) is 0 Å². The van der Waals surface area contributed by atoms with Gasteiger partial charge in [0.15, 0.2) is 0 Å². The zero-order valence-electron chi connectivity index (χ0n) is 13.8. The number of benzene rings is 2. The number of carbonyl (C=O) groups is 1. The summed E-state index contributed by atoms with van der Waals surface area (Å²) < 4.78 is 15.7. The summed E-state index contributed by atoms with van der Waals surface area (Å²) in [6, 6.07) is 10.4. The SMILES string of the molecule is COc1cc(C=Cc2ccc(OC)c(NC(N)=O)c2)cc(OC)c1. The van der Waals surface area contributed by atoms with Crippen molar-refractivity contribution in [2.75, 3.05) is 26.6 Å². The van der Waals surface area contributed by atoms with Crippen molar-refractivity contribution < 1.29 is 19.0 Å². The van der Waals surface area contributed by atoms with Crippen molar-refractivity contribution >= 4 is 23.9 Å². The van der Waals surface area contributed by atoms with Crippen molar-refractivity contribution in [3.05, 3.63) is 47.5 Å². The normalized spacial score (nSPS) is 10.5. The topological polar surface area (TPSA) is 82.8 Å². The average Bonchev–Trinajstić information content (AvgIpc) is 2.59. The molecule has 2 aromatic carbocycles. The predicted octanol–water partition coefficient (Wildman–Crippen LogP) is 3.37. The Morgan fingerprint density at radius 2 is 1.54 bits per heavy atom. The molecule has 0 spiro atoms. The van der Waals surface area contributed by atoms with Crippen molar-refractivity contribution in [1.82, 2.24) is 0 Å². The molecule has 0 radical (unpaired) electrons. The molecular weight excluding hydrogens is 308 g/mol. The molecule has 0 aliphatic rings. The first kappa shape index (κ1) is 17.2. The van der Waals surface area contributed by atoms with Gasteiger partial charge in [0, 0.05) is 6.07 Å². The molecule has 24 heavy (non-hydrogen) atoms. The number of hydrogen-bond donors (Lipinski definition) is 2. The molecule has 2 rings (SSSR count). The Morgan fingerprint density at radius 3 is 2.08 bits per heavy atom. The first-order valence-electron chi connectivity index (χ1n) is 7.21.